The second-order valence-corrected chi connectivity index (χ2v) is 4.17. The van der Waals surface area contributed by atoms with Crippen LogP contribution in [0.15, 0.2) is 30.6 Å². The van der Waals surface area contributed by atoms with Gasteiger partial charge in [0, 0.05) is 12.6 Å². The third-order valence-corrected chi connectivity index (χ3v) is 2.64. The van der Waals surface area contributed by atoms with Crippen LogP contribution < -0.4 is 0 Å². The minimum absolute atomic E-state index is 0.0261. The lowest BCUT2D eigenvalue weighted by Gasteiger charge is -2.16. The van der Waals surface area contributed by atoms with Gasteiger partial charge in [-0.25, -0.2) is 4.98 Å². The zero-order valence-corrected chi connectivity index (χ0v) is 10.5. The monoisotopic (exact) mass is 284 g/mol. The minimum atomic E-state index is -4.47. The second-order valence-electron chi connectivity index (χ2n) is 4.17. The fourth-order valence-electron chi connectivity index (χ4n) is 1.65. The summed E-state index contributed by atoms with van der Waals surface area (Å²) in [6.45, 7) is 0.134. The van der Waals surface area contributed by atoms with Gasteiger partial charge in [0.2, 0.25) is 0 Å². The number of halogens is 3. The van der Waals surface area contributed by atoms with Crippen molar-refractivity contribution in [2.75, 3.05) is 7.05 Å². The number of rotatable bonds is 3. The molecule has 1 aromatic carbocycles. The Bertz CT molecular complexity index is 595. The molecule has 1 aromatic heterocycles. The summed E-state index contributed by atoms with van der Waals surface area (Å²) in [5.74, 6) is -0.0691. The van der Waals surface area contributed by atoms with Crippen molar-refractivity contribution in [3.8, 4) is 0 Å². The number of aromatic nitrogens is 3. The van der Waals surface area contributed by atoms with Crippen LogP contribution in [0.5, 0.6) is 0 Å². The van der Waals surface area contributed by atoms with Crippen LogP contribution in [0.3, 0.4) is 0 Å². The predicted molar refractivity (Wildman–Crippen MR) is 63.6 cm³/mol. The summed E-state index contributed by atoms with van der Waals surface area (Å²) < 4.78 is 37.8. The van der Waals surface area contributed by atoms with E-state index in [9.17, 15) is 18.0 Å². The molecular weight excluding hydrogens is 273 g/mol. The molecule has 0 aliphatic rings. The van der Waals surface area contributed by atoms with Crippen LogP contribution in [0.1, 0.15) is 21.7 Å². The van der Waals surface area contributed by atoms with Gasteiger partial charge in [0.05, 0.1) is 12.1 Å². The molecule has 2 rings (SSSR count). The Hall–Kier alpha value is -2.38. The molecule has 0 radical (unpaired) electrons. The van der Waals surface area contributed by atoms with Crippen molar-refractivity contribution in [1.29, 1.82) is 0 Å². The van der Waals surface area contributed by atoms with E-state index in [-0.39, 0.29) is 12.1 Å². The molecular formula is C12H11F3N4O. The Morgan fingerprint density at radius 3 is 2.75 bits per heavy atom. The largest absolute Gasteiger partial charge is 0.416 e. The van der Waals surface area contributed by atoms with Crippen molar-refractivity contribution < 1.29 is 18.0 Å². The van der Waals surface area contributed by atoms with E-state index in [4.69, 9.17) is 0 Å². The molecule has 0 spiro atoms. The van der Waals surface area contributed by atoms with Gasteiger partial charge in [0.25, 0.3) is 5.91 Å². The number of alkyl halides is 3. The number of amides is 1. The highest BCUT2D eigenvalue weighted by molar-refractivity contribution is 5.94. The van der Waals surface area contributed by atoms with Gasteiger partial charge in [0.15, 0.2) is 0 Å². The molecule has 0 unspecified atom stereocenters. The van der Waals surface area contributed by atoms with E-state index in [1.807, 2.05) is 0 Å². The number of nitrogens with one attached hydrogen (secondary N) is 1. The number of hydrogen-bond donors (Lipinski definition) is 1. The summed E-state index contributed by atoms with van der Waals surface area (Å²) in [6, 6.07) is 4.30. The zero-order valence-electron chi connectivity index (χ0n) is 10.5. The molecule has 0 bridgehead atoms. The van der Waals surface area contributed by atoms with E-state index in [0.717, 1.165) is 12.1 Å². The van der Waals surface area contributed by atoms with Crippen molar-refractivity contribution in [3.63, 3.8) is 0 Å². The van der Waals surface area contributed by atoms with Crippen LogP contribution in [0.2, 0.25) is 0 Å². The molecule has 0 saturated carbocycles. The molecule has 1 amide bonds. The summed E-state index contributed by atoms with van der Waals surface area (Å²) >= 11 is 0. The molecule has 0 atom stereocenters. The number of carbonyl (C=O) groups is 1. The van der Waals surface area contributed by atoms with E-state index in [2.05, 4.69) is 15.2 Å². The third kappa shape index (κ3) is 3.14. The SMILES string of the molecule is CN(Cc1ncn[nH]1)C(=O)c1cccc(C(F)(F)F)c1. The van der Waals surface area contributed by atoms with Gasteiger partial charge in [-0.1, -0.05) is 6.07 Å². The van der Waals surface area contributed by atoms with Crippen molar-refractivity contribution in [2.45, 2.75) is 12.7 Å². The van der Waals surface area contributed by atoms with Crippen LogP contribution in [0, 0.1) is 0 Å². The maximum Gasteiger partial charge on any atom is 0.416 e. The summed E-state index contributed by atoms with van der Waals surface area (Å²) in [7, 11) is 1.48. The lowest BCUT2D eigenvalue weighted by atomic mass is 10.1. The maximum absolute atomic E-state index is 12.6. The van der Waals surface area contributed by atoms with E-state index in [1.165, 1.54) is 30.4 Å². The second kappa shape index (κ2) is 5.32. The molecule has 8 heteroatoms. The fraction of sp³-hybridized carbons (Fsp3) is 0.250. The number of nitrogens with zero attached hydrogens (tertiary/aromatic N) is 3. The first kappa shape index (κ1) is 14.0. The maximum atomic E-state index is 12.6. The first-order valence-corrected chi connectivity index (χ1v) is 5.65. The van der Waals surface area contributed by atoms with Crippen molar-refractivity contribution >= 4 is 5.91 Å². The van der Waals surface area contributed by atoms with Gasteiger partial charge >= 0.3 is 6.18 Å². The zero-order chi connectivity index (χ0) is 14.8. The Morgan fingerprint density at radius 2 is 2.15 bits per heavy atom. The number of carbonyl (C=O) groups excluding carboxylic acids is 1. The van der Waals surface area contributed by atoms with E-state index in [0.29, 0.717) is 5.82 Å². The third-order valence-electron chi connectivity index (χ3n) is 2.64. The van der Waals surface area contributed by atoms with Gasteiger partial charge in [0.1, 0.15) is 12.2 Å². The van der Waals surface area contributed by atoms with Crippen molar-refractivity contribution in [2.24, 2.45) is 0 Å². The van der Waals surface area contributed by atoms with Crippen LogP contribution in [0.25, 0.3) is 0 Å². The molecule has 0 fully saturated rings. The molecule has 20 heavy (non-hydrogen) atoms. The topological polar surface area (TPSA) is 61.9 Å². The smallest absolute Gasteiger partial charge is 0.334 e. The van der Waals surface area contributed by atoms with Crippen LogP contribution in [-0.4, -0.2) is 33.0 Å². The van der Waals surface area contributed by atoms with Crippen molar-refractivity contribution in [3.05, 3.63) is 47.5 Å². The van der Waals surface area contributed by atoms with Gasteiger partial charge < -0.3 is 4.90 Å². The summed E-state index contributed by atoms with van der Waals surface area (Å²) in [4.78, 5) is 17.2. The fourth-order valence-corrected chi connectivity index (χ4v) is 1.65. The van der Waals surface area contributed by atoms with Crippen LogP contribution in [-0.2, 0) is 12.7 Å². The molecule has 106 valence electrons. The highest BCUT2D eigenvalue weighted by Crippen LogP contribution is 2.29. The molecule has 0 aliphatic carbocycles. The standard InChI is InChI=1S/C12H11F3N4O/c1-19(6-10-16-7-17-18-10)11(20)8-3-2-4-9(5-8)12(13,14)15/h2-5,7H,6H2,1H3,(H,16,17,18). The summed E-state index contributed by atoms with van der Waals surface area (Å²) in [6.07, 6.45) is -3.18. The number of H-pyrrole nitrogens is 1. The van der Waals surface area contributed by atoms with E-state index < -0.39 is 17.6 Å². The van der Waals surface area contributed by atoms with Crippen LogP contribution in [0.4, 0.5) is 13.2 Å². The lowest BCUT2D eigenvalue weighted by Crippen LogP contribution is -2.27. The Labute approximate surface area is 112 Å². The molecule has 5 nitrogen and oxygen atoms in total. The van der Waals surface area contributed by atoms with Gasteiger partial charge in [-0.15, -0.1) is 0 Å². The van der Waals surface area contributed by atoms with Crippen LogP contribution >= 0.6 is 0 Å². The molecule has 1 N–H and O–H groups in total. The molecule has 0 aliphatic heterocycles. The first-order chi connectivity index (χ1) is 9.38. The lowest BCUT2D eigenvalue weighted by molar-refractivity contribution is -0.137. The van der Waals surface area contributed by atoms with E-state index in [1.54, 1.807) is 0 Å². The average molecular weight is 284 g/mol. The Morgan fingerprint density at radius 1 is 1.40 bits per heavy atom. The van der Waals surface area contributed by atoms with Crippen molar-refractivity contribution in [1.82, 2.24) is 20.1 Å². The molecule has 2 aromatic rings. The minimum Gasteiger partial charge on any atom is -0.334 e. The number of benzene rings is 1. The predicted octanol–water partition coefficient (Wildman–Crippen LogP) is 2.10. The Balaban J connectivity index is 2.16. The van der Waals surface area contributed by atoms with Gasteiger partial charge in [-0.3, -0.25) is 9.89 Å². The summed E-state index contributed by atoms with van der Waals surface area (Å²) in [5, 5.41) is 6.21. The Kier molecular flexibility index (Phi) is 3.73. The molecule has 0 saturated heterocycles. The highest BCUT2D eigenvalue weighted by Gasteiger charge is 2.31. The number of hydrogen-bond acceptors (Lipinski definition) is 3. The van der Waals surface area contributed by atoms with Gasteiger partial charge in [-0.05, 0) is 18.2 Å². The number of aromatic amines is 1. The quantitative estimate of drug-likeness (QED) is 0.938. The van der Waals surface area contributed by atoms with Gasteiger partial charge in [-0.2, -0.15) is 18.3 Å². The first-order valence-electron chi connectivity index (χ1n) is 5.65. The highest BCUT2D eigenvalue weighted by atomic mass is 19.4. The molecule has 1 heterocycles. The average Bonchev–Trinajstić information content (AvgIpc) is 2.90. The van der Waals surface area contributed by atoms with E-state index >= 15 is 0 Å². The normalized spacial score (nSPS) is 11.4. The summed E-state index contributed by atoms with van der Waals surface area (Å²) in [5.41, 5.74) is -0.877.